The largest absolute Gasteiger partial charge is 0.432 e. The molecule has 1 aromatic carbocycles. The molecule has 0 fully saturated rings. The van der Waals surface area contributed by atoms with Crippen LogP contribution in [0.1, 0.15) is 24.3 Å². The number of hydrogen-bond donors (Lipinski definition) is 3. The Morgan fingerprint density at radius 3 is 3.00 bits per heavy atom. The van der Waals surface area contributed by atoms with Gasteiger partial charge < -0.3 is 14.8 Å². The summed E-state index contributed by atoms with van der Waals surface area (Å²) in [6.07, 6.45) is 1.16. The molecule has 0 spiro atoms. The molecule has 1 aromatic heterocycles. The highest BCUT2D eigenvalue weighted by molar-refractivity contribution is 5.86. The Morgan fingerprint density at radius 1 is 1.52 bits per heavy atom. The van der Waals surface area contributed by atoms with Crippen LogP contribution in [0.15, 0.2) is 34.9 Å². The van der Waals surface area contributed by atoms with Crippen LogP contribution in [0.2, 0.25) is 0 Å². The maximum Gasteiger partial charge on any atom is 0.322 e. The fourth-order valence-electron chi connectivity index (χ4n) is 1.69. The Balaban J connectivity index is 1.83. The predicted molar refractivity (Wildman–Crippen MR) is 74.3 cm³/mol. The molecule has 2 aromatic rings. The van der Waals surface area contributed by atoms with Crippen LogP contribution >= 0.6 is 0 Å². The summed E-state index contributed by atoms with van der Waals surface area (Å²) in [7, 11) is 0. The minimum Gasteiger partial charge on any atom is -0.432 e. The number of hydrogen-bond acceptors (Lipinski definition) is 4. The standard InChI is InChI=1S/C14H16FN3O3/c1-2-11-8-21-14(17-11)18-13(20)16-7-12(19)9-4-3-5-10(15)6-9/h3-6,8,12,19H,2,7H2,1H3,(H2,16,17,18,20)/t12-/m0/s1. The maximum atomic E-state index is 13.0. The first-order valence-corrected chi connectivity index (χ1v) is 6.51. The number of aliphatic hydroxyl groups excluding tert-OH is 1. The minimum absolute atomic E-state index is 0.0589. The van der Waals surface area contributed by atoms with E-state index in [0.717, 1.165) is 5.69 Å². The van der Waals surface area contributed by atoms with Crippen LogP contribution in [0, 0.1) is 5.82 Å². The van der Waals surface area contributed by atoms with Gasteiger partial charge in [0.2, 0.25) is 0 Å². The number of oxazole rings is 1. The molecule has 1 atom stereocenters. The van der Waals surface area contributed by atoms with Crippen molar-refractivity contribution in [1.82, 2.24) is 10.3 Å². The van der Waals surface area contributed by atoms with Gasteiger partial charge in [-0.1, -0.05) is 19.1 Å². The van der Waals surface area contributed by atoms with Crippen molar-refractivity contribution in [2.75, 3.05) is 11.9 Å². The highest BCUT2D eigenvalue weighted by Crippen LogP contribution is 2.13. The molecular weight excluding hydrogens is 277 g/mol. The van der Waals surface area contributed by atoms with Gasteiger partial charge in [0, 0.05) is 6.54 Å². The molecule has 0 saturated heterocycles. The summed E-state index contributed by atoms with van der Waals surface area (Å²) in [6.45, 7) is 1.85. The van der Waals surface area contributed by atoms with Crippen molar-refractivity contribution in [2.24, 2.45) is 0 Å². The van der Waals surface area contributed by atoms with Crippen LogP contribution in [0.3, 0.4) is 0 Å². The van der Waals surface area contributed by atoms with Crippen LogP contribution in [0.5, 0.6) is 0 Å². The summed E-state index contributed by atoms with van der Waals surface area (Å²) < 4.78 is 18.1. The zero-order chi connectivity index (χ0) is 15.2. The average Bonchev–Trinajstić information content (AvgIpc) is 2.92. The van der Waals surface area contributed by atoms with Crippen molar-refractivity contribution in [1.29, 1.82) is 0 Å². The molecule has 0 aliphatic carbocycles. The molecule has 7 heteroatoms. The number of carbonyl (C=O) groups excluding carboxylic acids is 1. The minimum atomic E-state index is -0.998. The van der Waals surface area contributed by atoms with E-state index in [1.165, 1.54) is 24.5 Å². The van der Waals surface area contributed by atoms with Crippen LogP contribution in [0.25, 0.3) is 0 Å². The van der Waals surface area contributed by atoms with E-state index in [2.05, 4.69) is 15.6 Å². The van der Waals surface area contributed by atoms with Gasteiger partial charge >= 0.3 is 12.0 Å². The van der Waals surface area contributed by atoms with E-state index < -0.39 is 18.0 Å². The van der Waals surface area contributed by atoms with Crippen molar-refractivity contribution in [3.8, 4) is 0 Å². The molecule has 2 rings (SSSR count). The van der Waals surface area contributed by atoms with Crippen molar-refractivity contribution >= 4 is 12.0 Å². The fourth-order valence-corrected chi connectivity index (χ4v) is 1.69. The van der Waals surface area contributed by atoms with E-state index in [1.54, 1.807) is 6.07 Å². The van der Waals surface area contributed by atoms with Gasteiger partial charge in [-0.3, -0.25) is 5.32 Å². The van der Waals surface area contributed by atoms with E-state index >= 15 is 0 Å². The summed E-state index contributed by atoms with van der Waals surface area (Å²) in [5.41, 5.74) is 1.12. The Bertz CT molecular complexity index is 615. The lowest BCUT2D eigenvalue weighted by molar-refractivity contribution is 0.174. The normalized spacial score (nSPS) is 12.0. The average molecular weight is 293 g/mol. The van der Waals surface area contributed by atoms with Gasteiger partial charge in [-0.15, -0.1) is 0 Å². The first-order valence-electron chi connectivity index (χ1n) is 6.51. The van der Waals surface area contributed by atoms with E-state index in [9.17, 15) is 14.3 Å². The molecule has 112 valence electrons. The molecule has 0 aliphatic heterocycles. The van der Waals surface area contributed by atoms with Crippen LogP contribution in [-0.4, -0.2) is 22.7 Å². The molecule has 1 heterocycles. The zero-order valence-electron chi connectivity index (χ0n) is 11.5. The lowest BCUT2D eigenvalue weighted by Crippen LogP contribution is -2.32. The number of halogens is 1. The highest BCUT2D eigenvalue weighted by atomic mass is 19.1. The Labute approximate surface area is 121 Å². The van der Waals surface area contributed by atoms with E-state index in [-0.39, 0.29) is 12.6 Å². The highest BCUT2D eigenvalue weighted by Gasteiger charge is 2.11. The molecule has 0 bridgehead atoms. The molecule has 0 unspecified atom stereocenters. The van der Waals surface area contributed by atoms with Crippen LogP contribution in [-0.2, 0) is 6.42 Å². The molecule has 21 heavy (non-hydrogen) atoms. The van der Waals surface area contributed by atoms with Crippen molar-refractivity contribution < 1.29 is 18.7 Å². The first kappa shape index (κ1) is 15.0. The third-order valence-corrected chi connectivity index (χ3v) is 2.82. The van der Waals surface area contributed by atoms with Crippen molar-refractivity contribution in [3.05, 3.63) is 47.6 Å². The fraction of sp³-hybridized carbons (Fsp3) is 0.286. The monoisotopic (exact) mass is 293 g/mol. The molecule has 0 aliphatic rings. The van der Waals surface area contributed by atoms with Crippen molar-refractivity contribution in [3.63, 3.8) is 0 Å². The molecule has 6 nitrogen and oxygen atoms in total. The second-order valence-electron chi connectivity index (χ2n) is 4.40. The number of aliphatic hydroxyl groups is 1. The molecule has 0 saturated carbocycles. The third kappa shape index (κ3) is 4.28. The SMILES string of the molecule is CCc1coc(NC(=O)NC[C@H](O)c2cccc(F)c2)n1. The Hall–Kier alpha value is -2.41. The van der Waals surface area contributed by atoms with Gasteiger partial charge in [-0.25, -0.2) is 9.18 Å². The summed E-state index contributed by atoms with van der Waals surface area (Å²) in [4.78, 5) is 15.6. The zero-order valence-corrected chi connectivity index (χ0v) is 11.5. The predicted octanol–water partition coefficient (Wildman–Crippen LogP) is 2.23. The van der Waals surface area contributed by atoms with Crippen molar-refractivity contribution in [2.45, 2.75) is 19.4 Å². The van der Waals surface area contributed by atoms with Gasteiger partial charge in [-0.2, -0.15) is 4.98 Å². The lowest BCUT2D eigenvalue weighted by atomic mass is 10.1. The maximum absolute atomic E-state index is 13.0. The van der Waals surface area contributed by atoms with Gasteiger partial charge in [0.05, 0.1) is 11.8 Å². The number of urea groups is 1. The van der Waals surface area contributed by atoms with Gasteiger partial charge in [0.25, 0.3) is 0 Å². The number of carbonyl (C=O) groups is 1. The van der Waals surface area contributed by atoms with E-state index in [0.29, 0.717) is 12.0 Å². The topological polar surface area (TPSA) is 87.4 Å². The number of amides is 2. The summed E-state index contributed by atoms with van der Waals surface area (Å²) >= 11 is 0. The Morgan fingerprint density at radius 2 is 2.33 bits per heavy atom. The summed E-state index contributed by atoms with van der Waals surface area (Å²) in [5, 5.41) is 14.7. The third-order valence-electron chi connectivity index (χ3n) is 2.82. The molecular formula is C14H16FN3O3. The smallest absolute Gasteiger partial charge is 0.322 e. The number of anilines is 1. The number of nitrogens with one attached hydrogen (secondary N) is 2. The second-order valence-corrected chi connectivity index (χ2v) is 4.40. The molecule has 2 amide bonds. The quantitative estimate of drug-likeness (QED) is 0.789. The second kappa shape index (κ2) is 6.85. The number of rotatable bonds is 5. The number of aryl methyl sites for hydroxylation is 1. The van der Waals surface area contributed by atoms with Gasteiger partial charge in [0.15, 0.2) is 0 Å². The number of benzene rings is 1. The Kier molecular flexibility index (Phi) is 4.89. The molecule has 0 radical (unpaired) electrons. The number of nitrogens with zero attached hydrogens (tertiary/aromatic N) is 1. The van der Waals surface area contributed by atoms with E-state index in [1.807, 2.05) is 6.92 Å². The van der Waals surface area contributed by atoms with Gasteiger partial charge in [-0.05, 0) is 24.1 Å². The molecule has 3 N–H and O–H groups in total. The number of aromatic nitrogens is 1. The summed E-state index contributed by atoms with van der Waals surface area (Å²) in [5.74, 6) is -0.442. The van der Waals surface area contributed by atoms with Crippen LogP contribution in [0.4, 0.5) is 15.2 Å². The lowest BCUT2D eigenvalue weighted by Gasteiger charge is -2.12. The van der Waals surface area contributed by atoms with Gasteiger partial charge in [0.1, 0.15) is 12.1 Å². The first-order chi connectivity index (χ1) is 10.1. The van der Waals surface area contributed by atoms with Crippen LogP contribution < -0.4 is 10.6 Å². The summed E-state index contributed by atoms with van der Waals surface area (Å²) in [6, 6.07) is 5.09. The van der Waals surface area contributed by atoms with E-state index in [4.69, 9.17) is 4.42 Å².